The molecule has 0 aliphatic heterocycles. The summed E-state index contributed by atoms with van der Waals surface area (Å²) >= 11 is 0. The normalized spacial score (nSPS) is 11.1. The van der Waals surface area contributed by atoms with Crippen LogP contribution in [-0.2, 0) is 14.3 Å². The Morgan fingerprint density at radius 1 is 0.868 bits per heavy atom. The van der Waals surface area contributed by atoms with Crippen LogP contribution in [0, 0.1) is 11.3 Å². The molecular formula is C30H35NO7. The minimum absolute atomic E-state index is 0.148. The average molecular weight is 522 g/mol. The van der Waals surface area contributed by atoms with E-state index in [1.165, 1.54) is 25.0 Å². The molecule has 202 valence electrons. The van der Waals surface area contributed by atoms with Gasteiger partial charge in [-0.05, 0) is 67.8 Å². The molecule has 0 N–H and O–H groups in total. The number of carbonyl (C=O) groups is 2. The molecule has 0 aromatic heterocycles. The molecule has 0 bridgehead atoms. The second-order valence-corrected chi connectivity index (χ2v) is 8.10. The van der Waals surface area contributed by atoms with Crippen molar-refractivity contribution in [3.05, 3.63) is 59.2 Å². The summed E-state index contributed by atoms with van der Waals surface area (Å²) in [4.78, 5) is 24.4. The predicted octanol–water partition coefficient (Wildman–Crippen LogP) is 6.14. The van der Waals surface area contributed by atoms with E-state index in [0.717, 1.165) is 18.4 Å². The molecule has 0 aliphatic carbocycles. The molecular weight excluding hydrogens is 486 g/mol. The zero-order valence-corrected chi connectivity index (χ0v) is 22.5. The van der Waals surface area contributed by atoms with Gasteiger partial charge >= 0.3 is 11.9 Å². The van der Waals surface area contributed by atoms with E-state index < -0.39 is 11.9 Å². The van der Waals surface area contributed by atoms with E-state index in [-0.39, 0.29) is 17.9 Å². The lowest BCUT2D eigenvalue weighted by molar-refractivity contribution is -0.138. The molecule has 0 fully saturated rings. The van der Waals surface area contributed by atoms with Crippen LogP contribution in [-0.4, -0.2) is 38.9 Å². The van der Waals surface area contributed by atoms with Crippen molar-refractivity contribution < 1.29 is 33.3 Å². The monoisotopic (exact) mass is 521 g/mol. The maximum absolute atomic E-state index is 12.5. The van der Waals surface area contributed by atoms with E-state index >= 15 is 0 Å². The first-order valence-corrected chi connectivity index (χ1v) is 12.7. The van der Waals surface area contributed by atoms with E-state index in [2.05, 4.69) is 6.92 Å². The molecule has 0 heterocycles. The number of hydrogen-bond donors (Lipinski definition) is 0. The highest BCUT2D eigenvalue weighted by molar-refractivity contribution is 5.98. The van der Waals surface area contributed by atoms with Crippen LogP contribution in [0.5, 0.6) is 23.0 Å². The van der Waals surface area contributed by atoms with Crippen LogP contribution < -0.4 is 18.9 Å². The molecule has 2 rings (SSSR count). The first-order valence-electron chi connectivity index (χ1n) is 12.7. The molecule has 8 nitrogen and oxygen atoms in total. The Hall–Kier alpha value is -4.25. The van der Waals surface area contributed by atoms with Crippen molar-refractivity contribution in [1.29, 1.82) is 5.26 Å². The number of nitrogens with zero attached hydrogens (tertiary/aromatic N) is 1. The second-order valence-electron chi connectivity index (χ2n) is 8.10. The summed E-state index contributed by atoms with van der Waals surface area (Å²) in [5, 5.41) is 9.26. The van der Waals surface area contributed by atoms with Crippen LogP contribution in [0.15, 0.2) is 48.0 Å². The molecule has 2 aromatic carbocycles. The maximum atomic E-state index is 12.5. The highest BCUT2D eigenvalue weighted by atomic mass is 16.6. The molecule has 0 spiro atoms. The van der Waals surface area contributed by atoms with E-state index in [9.17, 15) is 14.9 Å². The molecule has 38 heavy (non-hydrogen) atoms. The van der Waals surface area contributed by atoms with Crippen molar-refractivity contribution >= 4 is 24.1 Å². The number of rotatable bonds is 15. The van der Waals surface area contributed by atoms with Gasteiger partial charge < -0.3 is 23.7 Å². The summed E-state index contributed by atoms with van der Waals surface area (Å²) in [6.45, 7) is 6.72. The van der Waals surface area contributed by atoms with Gasteiger partial charge in [-0.25, -0.2) is 9.59 Å². The lowest BCUT2D eigenvalue weighted by atomic mass is 10.1. The Morgan fingerprint density at radius 2 is 1.61 bits per heavy atom. The Balaban J connectivity index is 2.11. The molecule has 0 saturated carbocycles. The maximum Gasteiger partial charge on any atom is 0.348 e. The molecule has 0 saturated heterocycles. The van der Waals surface area contributed by atoms with Crippen LogP contribution in [0.3, 0.4) is 0 Å². The van der Waals surface area contributed by atoms with E-state index in [0.29, 0.717) is 36.0 Å². The Labute approximate surface area is 224 Å². The van der Waals surface area contributed by atoms with Gasteiger partial charge in [-0.15, -0.1) is 0 Å². The van der Waals surface area contributed by atoms with Gasteiger partial charge in [0.2, 0.25) is 0 Å². The summed E-state index contributed by atoms with van der Waals surface area (Å²) in [6.07, 6.45) is 8.77. The van der Waals surface area contributed by atoms with Crippen molar-refractivity contribution in [2.75, 3.05) is 26.9 Å². The fourth-order valence-electron chi connectivity index (χ4n) is 3.40. The molecule has 0 radical (unpaired) electrons. The van der Waals surface area contributed by atoms with E-state index in [4.69, 9.17) is 23.7 Å². The molecule has 0 amide bonds. The summed E-state index contributed by atoms with van der Waals surface area (Å²) in [5.41, 5.74) is 1.11. The fourth-order valence-corrected chi connectivity index (χ4v) is 3.40. The first-order chi connectivity index (χ1) is 18.4. The van der Waals surface area contributed by atoms with Gasteiger partial charge in [-0.1, -0.05) is 38.3 Å². The van der Waals surface area contributed by atoms with Crippen molar-refractivity contribution in [3.63, 3.8) is 0 Å². The number of ether oxygens (including phenoxy) is 5. The zero-order valence-electron chi connectivity index (χ0n) is 22.5. The van der Waals surface area contributed by atoms with Crippen LogP contribution >= 0.6 is 0 Å². The SMILES string of the molecule is CCCCCCOc1ccc(/C=C/C(=O)Oc2ccc(/C=C(\C#N)C(=O)OCC)cc2OCC)cc1OC. The number of esters is 2. The van der Waals surface area contributed by atoms with Gasteiger partial charge in [-0.3, -0.25) is 0 Å². The predicted molar refractivity (Wildman–Crippen MR) is 145 cm³/mol. The minimum atomic E-state index is -0.711. The summed E-state index contributed by atoms with van der Waals surface area (Å²) in [7, 11) is 1.57. The Bertz CT molecular complexity index is 1180. The standard InChI is InChI=1S/C30H35NO7/c1-5-8-9-10-17-37-25-14-11-22(19-27(25)34-4)13-16-29(32)38-26-15-12-23(20-28(26)35-6-2)18-24(21-31)30(33)36-7-3/h11-16,18-20H,5-10,17H2,1-4H3/b16-13+,24-18+. The number of methoxy groups -OCH3 is 1. The summed E-state index contributed by atoms with van der Waals surface area (Å²) in [6, 6.07) is 12.0. The highest BCUT2D eigenvalue weighted by Gasteiger charge is 2.13. The third-order valence-electron chi connectivity index (χ3n) is 5.26. The second kappa shape index (κ2) is 16.5. The van der Waals surface area contributed by atoms with Crippen molar-refractivity contribution in [3.8, 4) is 29.1 Å². The van der Waals surface area contributed by atoms with Crippen LogP contribution in [0.2, 0.25) is 0 Å². The molecule has 2 aromatic rings. The average Bonchev–Trinajstić information content (AvgIpc) is 2.92. The van der Waals surface area contributed by atoms with Crippen LogP contribution in [0.1, 0.15) is 57.6 Å². The van der Waals surface area contributed by atoms with Crippen molar-refractivity contribution in [2.24, 2.45) is 0 Å². The third-order valence-corrected chi connectivity index (χ3v) is 5.26. The topological polar surface area (TPSA) is 104 Å². The van der Waals surface area contributed by atoms with Crippen LogP contribution in [0.25, 0.3) is 12.2 Å². The number of carbonyl (C=O) groups excluding carboxylic acids is 2. The third kappa shape index (κ3) is 9.66. The number of hydrogen-bond acceptors (Lipinski definition) is 8. The zero-order chi connectivity index (χ0) is 27.8. The number of unbranched alkanes of at least 4 members (excludes halogenated alkanes) is 3. The molecule has 0 aliphatic rings. The molecule has 0 unspecified atom stereocenters. The number of nitriles is 1. The Kier molecular flexibility index (Phi) is 13.0. The smallest absolute Gasteiger partial charge is 0.348 e. The summed E-state index contributed by atoms with van der Waals surface area (Å²) < 4.78 is 27.2. The Morgan fingerprint density at radius 3 is 2.29 bits per heavy atom. The lowest BCUT2D eigenvalue weighted by Crippen LogP contribution is -2.07. The van der Waals surface area contributed by atoms with Gasteiger partial charge in [0.05, 0.1) is 26.9 Å². The molecule has 8 heteroatoms. The first kappa shape index (κ1) is 30.0. The van der Waals surface area contributed by atoms with E-state index in [1.54, 1.807) is 51.3 Å². The van der Waals surface area contributed by atoms with Gasteiger partial charge in [-0.2, -0.15) is 5.26 Å². The quantitative estimate of drug-likeness (QED) is 0.0905. The highest BCUT2D eigenvalue weighted by Crippen LogP contribution is 2.31. The largest absolute Gasteiger partial charge is 0.493 e. The van der Waals surface area contributed by atoms with Gasteiger partial charge in [0, 0.05) is 6.08 Å². The van der Waals surface area contributed by atoms with Gasteiger partial charge in [0.1, 0.15) is 11.6 Å². The van der Waals surface area contributed by atoms with Gasteiger partial charge in [0.15, 0.2) is 23.0 Å². The minimum Gasteiger partial charge on any atom is -0.493 e. The van der Waals surface area contributed by atoms with Crippen molar-refractivity contribution in [1.82, 2.24) is 0 Å². The fraction of sp³-hybridized carbons (Fsp3) is 0.367. The lowest BCUT2D eigenvalue weighted by Gasteiger charge is -2.11. The number of benzene rings is 2. The molecule has 0 atom stereocenters. The van der Waals surface area contributed by atoms with Crippen molar-refractivity contribution in [2.45, 2.75) is 46.5 Å². The van der Waals surface area contributed by atoms with E-state index in [1.807, 2.05) is 18.2 Å². The van der Waals surface area contributed by atoms with Crippen LogP contribution in [0.4, 0.5) is 0 Å². The summed E-state index contributed by atoms with van der Waals surface area (Å²) in [5.74, 6) is 0.425. The van der Waals surface area contributed by atoms with Gasteiger partial charge in [0.25, 0.3) is 0 Å².